The zero-order valence-electron chi connectivity index (χ0n) is 16.8. The molecule has 0 bridgehead atoms. The van der Waals surface area contributed by atoms with Crippen LogP contribution in [0.15, 0.2) is 70.1 Å². The first-order valence-electron chi connectivity index (χ1n) is 9.04. The molecular formula is C22H32FN3. The van der Waals surface area contributed by atoms with Crippen molar-refractivity contribution in [3.63, 3.8) is 0 Å². The zero-order valence-corrected chi connectivity index (χ0v) is 16.8. The number of nitrogens with zero attached hydrogens (tertiary/aromatic N) is 2. The van der Waals surface area contributed by atoms with Gasteiger partial charge in [-0.3, -0.25) is 9.98 Å². The Morgan fingerprint density at radius 1 is 1.27 bits per heavy atom. The molecule has 0 heterocycles. The molecular weight excluding hydrogens is 325 g/mol. The third-order valence-corrected chi connectivity index (χ3v) is 4.50. The van der Waals surface area contributed by atoms with Crippen LogP contribution in [0.3, 0.4) is 0 Å². The maximum Gasteiger partial charge on any atom is 0.122 e. The normalized spacial score (nSPS) is 16.4. The van der Waals surface area contributed by atoms with E-state index in [1.165, 1.54) is 17.7 Å². The standard InChI is InChI=1S/C22H32FN3/c1-7-9-20(24-5)21(25-6)15-12-17(2)26-16-22(3,4)18-10-8-11-19(23)14-13-18/h7-9,11,13-14,26H,2,10,12,15-16H2,1,3-6H3/b9-7-,24-20+,25-21+. The molecule has 0 aromatic rings. The predicted molar refractivity (Wildman–Crippen MR) is 113 cm³/mol. The molecule has 1 aliphatic rings. The average molecular weight is 358 g/mol. The van der Waals surface area contributed by atoms with Gasteiger partial charge in [-0.05, 0) is 44.4 Å². The second-order valence-electron chi connectivity index (χ2n) is 6.97. The summed E-state index contributed by atoms with van der Waals surface area (Å²) < 4.78 is 13.4. The van der Waals surface area contributed by atoms with Gasteiger partial charge in [0.15, 0.2) is 0 Å². The van der Waals surface area contributed by atoms with Crippen LogP contribution in [0.4, 0.5) is 4.39 Å². The molecule has 0 aromatic carbocycles. The fourth-order valence-corrected chi connectivity index (χ4v) is 2.73. The van der Waals surface area contributed by atoms with E-state index in [0.717, 1.165) is 42.9 Å². The lowest BCUT2D eigenvalue weighted by atomic mass is 9.82. The van der Waals surface area contributed by atoms with Crippen LogP contribution < -0.4 is 5.32 Å². The molecule has 0 amide bonds. The van der Waals surface area contributed by atoms with Gasteiger partial charge in [-0.25, -0.2) is 4.39 Å². The van der Waals surface area contributed by atoms with Crippen molar-refractivity contribution in [2.75, 3.05) is 20.6 Å². The lowest BCUT2D eigenvalue weighted by Crippen LogP contribution is -2.30. The van der Waals surface area contributed by atoms with Gasteiger partial charge in [-0.2, -0.15) is 0 Å². The molecule has 142 valence electrons. The molecule has 0 spiro atoms. The predicted octanol–water partition coefficient (Wildman–Crippen LogP) is 5.35. The van der Waals surface area contributed by atoms with Gasteiger partial charge in [0.05, 0.1) is 11.4 Å². The van der Waals surface area contributed by atoms with E-state index in [4.69, 9.17) is 0 Å². The lowest BCUT2D eigenvalue weighted by Gasteiger charge is -2.29. The van der Waals surface area contributed by atoms with E-state index in [1.54, 1.807) is 14.1 Å². The molecule has 0 aliphatic heterocycles. The van der Waals surface area contributed by atoms with Gasteiger partial charge in [0.2, 0.25) is 0 Å². The molecule has 1 rings (SSSR count). The summed E-state index contributed by atoms with van der Waals surface area (Å²) in [6.45, 7) is 11.2. The molecule has 0 unspecified atom stereocenters. The van der Waals surface area contributed by atoms with Crippen LogP contribution in [0.1, 0.15) is 40.0 Å². The van der Waals surface area contributed by atoms with E-state index >= 15 is 0 Å². The van der Waals surface area contributed by atoms with Crippen LogP contribution in [0.2, 0.25) is 0 Å². The maximum atomic E-state index is 13.4. The summed E-state index contributed by atoms with van der Waals surface area (Å²) in [5.41, 5.74) is 3.97. The molecule has 1 N–H and O–H groups in total. The van der Waals surface area contributed by atoms with Crippen LogP contribution in [0.25, 0.3) is 0 Å². The Morgan fingerprint density at radius 3 is 2.62 bits per heavy atom. The molecule has 1 aliphatic carbocycles. The third kappa shape index (κ3) is 6.95. The average Bonchev–Trinajstić information content (AvgIpc) is 2.84. The van der Waals surface area contributed by atoms with Crippen LogP contribution >= 0.6 is 0 Å². The molecule has 0 aromatic heterocycles. The molecule has 0 saturated carbocycles. The van der Waals surface area contributed by atoms with Crippen molar-refractivity contribution in [3.8, 4) is 0 Å². The van der Waals surface area contributed by atoms with Crippen LogP contribution in [0, 0.1) is 5.41 Å². The number of aliphatic imine (C=N–C) groups is 2. The van der Waals surface area contributed by atoms with Gasteiger partial charge in [0, 0.05) is 31.8 Å². The summed E-state index contributed by atoms with van der Waals surface area (Å²) in [5.74, 6) is -0.200. The Kier molecular flexibility index (Phi) is 8.97. The Hall–Kier alpha value is -2.23. The van der Waals surface area contributed by atoms with Crippen LogP contribution in [0.5, 0.6) is 0 Å². The van der Waals surface area contributed by atoms with E-state index < -0.39 is 0 Å². The lowest BCUT2D eigenvalue weighted by molar-refractivity contribution is 0.417. The van der Waals surface area contributed by atoms with Crippen molar-refractivity contribution < 1.29 is 4.39 Å². The van der Waals surface area contributed by atoms with Crippen molar-refractivity contribution >= 4 is 11.4 Å². The Bertz CT molecular complexity index is 674. The first-order valence-corrected chi connectivity index (χ1v) is 9.04. The summed E-state index contributed by atoms with van der Waals surface area (Å²) in [6, 6.07) is 0. The van der Waals surface area contributed by atoms with Gasteiger partial charge in [0.1, 0.15) is 5.83 Å². The highest BCUT2D eigenvalue weighted by molar-refractivity contribution is 6.46. The van der Waals surface area contributed by atoms with Crippen molar-refractivity contribution in [1.82, 2.24) is 5.32 Å². The molecule has 0 radical (unpaired) electrons. The first-order chi connectivity index (χ1) is 12.3. The van der Waals surface area contributed by atoms with E-state index in [-0.39, 0.29) is 11.2 Å². The highest BCUT2D eigenvalue weighted by Gasteiger charge is 2.22. The smallest absolute Gasteiger partial charge is 0.122 e. The highest BCUT2D eigenvalue weighted by Crippen LogP contribution is 2.30. The monoisotopic (exact) mass is 357 g/mol. The quantitative estimate of drug-likeness (QED) is 0.555. The summed E-state index contributed by atoms with van der Waals surface area (Å²) in [5, 5.41) is 3.43. The Labute approximate surface area is 157 Å². The Balaban J connectivity index is 2.59. The highest BCUT2D eigenvalue weighted by atomic mass is 19.1. The SMILES string of the molecule is C=C(CCC(=N\C)/C(/C=C\C)=N/C)NCC(C)(C)C1=CC=C(F)C=CC1. The molecule has 0 fully saturated rings. The minimum absolute atomic E-state index is 0.0862. The summed E-state index contributed by atoms with van der Waals surface area (Å²) in [6.07, 6.45) is 13.1. The number of hydrogen-bond donors (Lipinski definition) is 1. The minimum atomic E-state index is -0.200. The molecule has 0 saturated heterocycles. The van der Waals surface area contributed by atoms with Gasteiger partial charge in [-0.15, -0.1) is 0 Å². The van der Waals surface area contributed by atoms with Crippen LogP contribution in [-0.2, 0) is 0 Å². The number of nitrogens with one attached hydrogen (secondary N) is 1. The largest absolute Gasteiger partial charge is 0.388 e. The van der Waals surface area contributed by atoms with Crippen molar-refractivity contribution in [2.24, 2.45) is 15.4 Å². The first kappa shape index (κ1) is 21.8. The van der Waals surface area contributed by atoms with Crippen LogP contribution in [-0.4, -0.2) is 32.1 Å². The Morgan fingerprint density at radius 2 is 2.00 bits per heavy atom. The van der Waals surface area contributed by atoms with E-state index in [9.17, 15) is 4.39 Å². The fraction of sp³-hybridized carbons (Fsp3) is 0.455. The summed E-state index contributed by atoms with van der Waals surface area (Å²) in [7, 11) is 3.57. The number of allylic oxidation sites excluding steroid dienone is 8. The van der Waals surface area contributed by atoms with E-state index in [0.29, 0.717) is 0 Å². The number of rotatable bonds is 9. The molecule has 3 nitrogen and oxygen atoms in total. The van der Waals surface area contributed by atoms with Crippen molar-refractivity contribution in [2.45, 2.75) is 40.0 Å². The molecule has 4 heteroatoms. The van der Waals surface area contributed by atoms with E-state index in [2.05, 4.69) is 35.7 Å². The van der Waals surface area contributed by atoms with Gasteiger partial charge in [-0.1, -0.05) is 44.2 Å². The fourth-order valence-electron chi connectivity index (χ4n) is 2.73. The van der Waals surface area contributed by atoms with Crippen molar-refractivity contribution in [1.29, 1.82) is 0 Å². The van der Waals surface area contributed by atoms with Gasteiger partial charge >= 0.3 is 0 Å². The third-order valence-electron chi connectivity index (χ3n) is 4.50. The summed E-state index contributed by atoms with van der Waals surface area (Å²) >= 11 is 0. The maximum absolute atomic E-state index is 13.4. The van der Waals surface area contributed by atoms with E-state index in [1.807, 2.05) is 31.2 Å². The van der Waals surface area contributed by atoms with Crippen molar-refractivity contribution in [3.05, 3.63) is 60.1 Å². The molecule has 26 heavy (non-hydrogen) atoms. The topological polar surface area (TPSA) is 36.8 Å². The minimum Gasteiger partial charge on any atom is -0.388 e. The second-order valence-corrected chi connectivity index (χ2v) is 6.97. The summed E-state index contributed by atoms with van der Waals surface area (Å²) in [4.78, 5) is 8.64. The molecule has 0 atom stereocenters. The zero-order chi connectivity index (χ0) is 19.6. The number of hydrogen-bond acceptors (Lipinski definition) is 3. The number of halogens is 1. The van der Waals surface area contributed by atoms with Gasteiger partial charge < -0.3 is 5.32 Å². The van der Waals surface area contributed by atoms with Gasteiger partial charge in [0.25, 0.3) is 0 Å². The second kappa shape index (κ2) is 10.7.